The van der Waals surface area contributed by atoms with Crippen LogP contribution in [0.1, 0.15) is 12.7 Å². The Kier molecular flexibility index (Phi) is 1.97. The lowest BCUT2D eigenvalue weighted by atomic mass is 10.3. The number of aromatic amines is 1. The van der Waals surface area contributed by atoms with E-state index in [1.807, 2.05) is 6.92 Å². The Morgan fingerprint density at radius 2 is 2.46 bits per heavy atom. The maximum Gasteiger partial charge on any atom is 0.284 e. The molecule has 1 N–H and O–H groups in total. The normalized spacial score (nSPS) is 10.5. The van der Waals surface area contributed by atoms with Crippen molar-refractivity contribution in [3.05, 3.63) is 16.7 Å². The number of nitrogens with one attached hydrogen (secondary N) is 1. The van der Waals surface area contributed by atoms with E-state index >= 15 is 0 Å². The van der Waals surface area contributed by atoms with Crippen molar-refractivity contribution in [1.82, 2.24) is 15.4 Å². The van der Waals surface area contributed by atoms with Gasteiger partial charge in [0, 0.05) is 12.5 Å². The number of hydrogen-bond acceptors (Lipinski definition) is 5. The molecule has 0 saturated heterocycles. The van der Waals surface area contributed by atoms with E-state index in [0.717, 1.165) is 12.2 Å². The predicted molar refractivity (Wildman–Crippen MR) is 46.6 cm³/mol. The summed E-state index contributed by atoms with van der Waals surface area (Å²) in [6, 6.07) is 1.77. The van der Waals surface area contributed by atoms with Gasteiger partial charge in [0.25, 0.3) is 10.7 Å². The van der Waals surface area contributed by atoms with Crippen LogP contribution in [0.5, 0.6) is 0 Å². The number of rotatable bonds is 2. The Labute approximate surface area is 78.7 Å². The van der Waals surface area contributed by atoms with Gasteiger partial charge in [0.15, 0.2) is 5.69 Å². The minimum atomic E-state index is 0.232. The summed E-state index contributed by atoms with van der Waals surface area (Å²) in [6.45, 7) is 1.98. The minimum absolute atomic E-state index is 0.232. The first-order valence-corrected chi connectivity index (χ1v) is 4.22. The number of hydrogen-bond donors (Lipinski definition) is 1. The number of aryl methyl sites for hydroxylation is 1. The van der Waals surface area contributed by atoms with Crippen molar-refractivity contribution in [2.75, 3.05) is 0 Å². The van der Waals surface area contributed by atoms with Crippen molar-refractivity contribution in [2.24, 2.45) is 0 Å². The van der Waals surface area contributed by atoms with E-state index < -0.39 is 0 Å². The van der Waals surface area contributed by atoms with Gasteiger partial charge in [-0.1, -0.05) is 12.1 Å². The highest BCUT2D eigenvalue weighted by Gasteiger charge is 2.09. The highest BCUT2D eigenvalue weighted by Crippen LogP contribution is 2.16. The molecule has 0 atom stereocenters. The molecule has 13 heavy (non-hydrogen) atoms. The molecule has 2 heterocycles. The average molecular weight is 197 g/mol. The quantitative estimate of drug-likeness (QED) is 0.745. The average Bonchev–Trinajstić information content (AvgIpc) is 2.71. The van der Waals surface area contributed by atoms with Gasteiger partial charge in [-0.05, 0) is 12.2 Å². The summed E-state index contributed by atoms with van der Waals surface area (Å²) in [6.07, 6.45) is 0.790. The van der Waals surface area contributed by atoms with E-state index in [-0.39, 0.29) is 4.84 Å². The summed E-state index contributed by atoms with van der Waals surface area (Å²) >= 11 is 4.72. The van der Waals surface area contributed by atoms with Gasteiger partial charge in [-0.3, -0.25) is 0 Å². The fraction of sp³-hybridized carbons (Fsp3) is 0.286. The Morgan fingerprint density at radius 1 is 1.62 bits per heavy atom. The zero-order valence-electron chi connectivity index (χ0n) is 6.90. The molecule has 2 rings (SSSR count). The highest BCUT2D eigenvalue weighted by atomic mass is 32.1. The van der Waals surface area contributed by atoms with Gasteiger partial charge in [-0.15, -0.1) is 5.10 Å². The van der Waals surface area contributed by atoms with Gasteiger partial charge in [0.1, 0.15) is 5.76 Å². The third kappa shape index (κ3) is 1.52. The fourth-order valence-corrected chi connectivity index (χ4v) is 1.04. The molecule has 2 aromatic rings. The van der Waals surface area contributed by atoms with Gasteiger partial charge >= 0.3 is 0 Å². The zero-order valence-corrected chi connectivity index (χ0v) is 7.72. The Balaban J connectivity index is 2.40. The Hall–Kier alpha value is -1.43. The first kappa shape index (κ1) is 8.18. The molecule has 0 unspecified atom stereocenters. The molecule has 0 aliphatic carbocycles. The second kappa shape index (κ2) is 3.14. The SMILES string of the molecule is CCc1cc(-c2n[nH]c(=S)o2)no1. The van der Waals surface area contributed by atoms with E-state index in [9.17, 15) is 0 Å². The number of nitrogens with zero attached hydrogens (tertiary/aromatic N) is 2. The van der Waals surface area contributed by atoms with Gasteiger partial charge in [0.2, 0.25) is 0 Å². The van der Waals surface area contributed by atoms with Crippen LogP contribution in [0, 0.1) is 4.84 Å². The Morgan fingerprint density at radius 3 is 3.00 bits per heavy atom. The van der Waals surface area contributed by atoms with E-state index in [2.05, 4.69) is 15.4 Å². The Bertz CT molecular complexity index is 456. The van der Waals surface area contributed by atoms with Crippen LogP contribution in [0.15, 0.2) is 15.0 Å². The summed E-state index contributed by atoms with van der Waals surface area (Å²) in [5, 5.41) is 10.1. The topological polar surface area (TPSA) is 67.8 Å². The molecule has 5 nitrogen and oxygen atoms in total. The van der Waals surface area contributed by atoms with Crippen LogP contribution in [0.4, 0.5) is 0 Å². The maximum atomic E-state index is 5.05. The van der Waals surface area contributed by atoms with Crippen LogP contribution >= 0.6 is 12.2 Å². The van der Waals surface area contributed by atoms with Crippen LogP contribution in [-0.4, -0.2) is 15.4 Å². The number of aromatic nitrogens is 3. The van der Waals surface area contributed by atoms with E-state index in [1.54, 1.807) is 6.07 Å². The van der Waals surface area contributed by atoms with Crippen molar-refractivity contribution in [2.45, 2.75) is 13.3 Å². The molecule has 0 amide bonds. The molecular formula is C7H7N3O2S. The van der Waals surface area contributed by atoms with Crippen molar-refractivity contribution in [3.8, 4) is 11.6 Å². The van der Waals surface area contributed by atoms with Crippen LogP contribution < -0.4 is 0 Å². The molecule has 0 fully saturated rings. The molecule has 0 saturated carbocycles. The van der Waals surface area contributed by atoms with Crippen LogP contribution in [0.3, 0.4) is 0 Å². The van der Waals surface area contributed by atoms with Crippen LogP contribution in [-0.2, 0) is 6.42 Å². The highest BCUT2D eigenvalue weighted by molar-refractivity contribution is 7.71. The largest absolute Gasteiger partial charge is 0.408 e. The standard InChI is InChI=1S/C7H7N3O2S/c1-2-4-3-5(10-12-4)6-8-9-7(13)11-6/h3H,2H2,1H3,(H,9,13). The van der Waals surface area contributed by atoms with E-state index in [0.29, 0.717) is 11.6 Å². The molecule has 0 aliphatic heterocycles. The third-order valence-electron chi connectivity index (χ3n) is 1.56. The molecule has 2 aromatic heterocycles. The lowest BCUT2D eigenvalue weighted by Gasteiger charge is -1.79. The smallest absolute Gasteiger partial charge is 0.284 e. The lowest BCUT2D eigenvalue weighted by Crippen LogP contribution is -1.75. The summed E-state index contributed by atoms with van der Waals surface area (Å²) in [5.74, 6) is 1.15. The summed E-state index contributed by atoms with van der Waals surface area (Å²) < 4.78 is 10.0. The molecule has 0 spiro atoms. The van der Waals surface area contributed by atoms with Crippen molar-refractivity contribution < 1.29 is 8.94 Å². The van der Waals surface area contributed by atoms with Gasteiger partial charge in [-0.25, -0.2) is 5.10 Å². The lowest BCUT2D eigenvalue weighted by molar-refractivity contribution is 0.386. The molecule has 68 valence electrons. The molecule has 0 radical (unpaired) electrons. The summed E-state index contributed by atoms with van der Waals surface area (Å²) in [5.41, 5.74) is 0.559. The molecule has 0 aliphatic rings. The first-order valence-electron chi connectivity index (χ1n) is 3.81. The van der Waals surface area contributed by atoms with Gasteiger partial charge < -0.3 is 8.94 Å². The van der Waals surface area contributed by atoms with E-state index in [1.165, 1.54) is 0 Å². The van der Waals surface area contributed by atoms with E-state index in [4.69, 9.17) is 21.2 Å². The summed E-state index contributed by atoms with van der Waals surface area (Å²) in [7, 11) is 0. The van der Waals surface area contributed by atoms with Gasteiger partial charge in [0.05, 0.1) is 0 Å². The van der Waals surface area contributed by atoms with Crippen molar-refractivity contribution in [3.63, 3.8) is 0 Å². The fourth-order valence-electron chi connectivity index (χ4n) is 0.920. The van der Waals surface area contributed by atoms with Crippen molar-refractivity contribution >= 4 is 12.2 Å². The molecular weight excluding hydrogens is 190 g/mol. The predicted octanol–water partition coefficient (Wildman–Crippen LogP) is 1.95. The molecule has 0 bridgehead atoms. The minimum Gasteiger partial charge on any atom is -0.408 e. The second-order valence-corrected chi connectivity index (χ2v) is 2.82. The summed E-state index contributed by atoms with van der Waals surface area (Å²) in [4.78, 5) is 0.232. The van der Waals surface area contributed by atoms with Crippen LogP contribution in [0.2, 0.25) is 0 Å². The first-order chi connectivity index (χ1) is 6.29. The van der Waals surface area contributed by atoms with Crippen molar-refractivity contribution in [1.29, 1.82) is 0 Å². The monoisotopic (exact) mass is 197 g/mol. The molecule has 0 aromatic carbocycles. The number of H-pyrrole nitrogens is 1. The maximum absolute atomic E-state index is 5.05. The third-order valence-corrected chi connectivity index (χ3v) is 1.74. The second-order valence-electron chi connectivity index (χ2n) is 2.45. The molecule has 6 heteroatoms. The van der Waals surface area contributed by atoms with Gasteiger partial charge in [-0.2, -0.15) is 0 Å². The van der Waals surface area contributed by atoms with Crippen LogP contribution in [0.25, 0.3) is 11.6 Å². The zero-order chi connectivity index (χ0) is 9.26.